The Hall–Kier alpha value is -1.97. The molecule has 0 saturated carbocycles. The van der Waals surface area contributed by atoms with Crippen LogP contribution in [0.3, 0.4) is 0 Å². The number of unbranched alkanes of at least 4 members (excludes halogenated alkanes) is 3. The highest BCUT2D eigenvalue weighted by Crippen LogP contribution is 2.36. The van der Waals surface area contributed by atoms with Crippen LogP contribution in [0.15, 0.2) is 29.4 Å². The van der Waals surface area contributed by atoms with Gasteiger partial charge in [-0.05, 0) is 50.8 Å². The number of anilines is 1. The van der Waals surface area contributed by atoms with Crippen LogP contribution in [0.2, 0.25) is 10.0 Å². The molecule has 3 aromatic rings. The summed E-state index contributed by atoms with van der Waals surface area (Å²) in [6, 6.07) is 3.35. The van der Waals surface area contributed by atoms with Gasteiger partial charge in [0.2, 0.25) is 0 Å². The van der Waals surface area contributed by atoms with Crippen molar-refractivity contribution in [1.29, 1.82) is 0 Å². The number of hydrogen-bond acceptors (Lipinski definition) is 3. The average Bonchev–Trinajstić information content (AvgIpc) is 3.35. The number of hydrogen-bond donors (Lipinski definition) is 0. The van der Waals surface area contributed by atoms with Crippen LogP contribution in [0.1, 0.15) is 68.2 Å². The van der Waals surface area contributed by atoms with Gasteiger partial charge < -0.3 is 4.57 Å². The minimum Gasteiger partial charge on any atom is -0.335 e. The smallest absolute Gasteiger partial charge is 0.326 e. The third-order valence-corrected chi connectivity index (χ3v) is 8.47. The monoisotopic (exact) mass is 559 g/mol. The van der Waals surface area contributed by atoms with Crippen molar-refractivity contribution < 1.29 is 13.0 Å². The summed E-state index contributed by atoms with van der Waals surface area (Å²) in [4.78, 5) is 4.40. The van der Waals surface area contributed by atoms with Crippen molar-refractivity contribution in [2.24, 2.45) is 7.05 Å². The first-order chi connectivity index (χ1) is 17.0. The van der Waals surface area contributed by atoms with E-state index in [1.54, 1.807) is 33.0 Å². The highest BCUT2D eigenvalue weighted by atomic mass is 35.5. The Balaban J connectivity index is 1.62. The van der Waals surface area contributed by atoms with Gasteiger partial charge in [0.1, 0.15) is 5.82 Å². The second-order valence-electron chi connectivity index (χ2n) is 9.18. The number of imidazole rings is 1. The molecule has 6 nitrogen and oxygen atoms in total. The Labute approximate surface area is 224 Å². The van der Waals surface area contributed by atoms with E-state index in [1.807, 2.05) is 12.4 Å². The number of aromatic nitrogens is 4. The topological polar surface area (TPSA) is 56.0 Å². The maximum atomic E-state index is 14.1. The van der Waals surface area contributed by atoms with Gasteiger partial charge in [-0.3, -0.25) is 4.68 Å². The number of halogens is 4. The zero-order valence-electron chi connectivity index (χ0n) is 21.3. The highest BCUT2D eigenvalue weighted by Gasteiger charge is 2.32. The summed E-state index contributed by atoms with van der Waals surface area (Å²) in [5, 5.41) is 4.39. The van der Waals surface area contributed by atoms with Crippen LogP contribution in [0, 0.1) is 13.8 Å². The summed E-state index contributed by atoms with van der Waals surface area (Å²) < 4.78 is 45.6. The molecule has 198 valence electrons. The summed E-state index contributed by atoms with van der Waals surface area (Å²) in [5.74, 6) is 1.51. The van der Waals surface area contributed by atoms with Gasteiger partial charge in [0.05, 0.1) is 32.0 Å². The van der Waals surface area contributed by atoms with Crippen LogP contribution in [-0.2, 0) is 31.0 Å². The summed E-state index contributed by atoms with van der Waals surface area (Å²) in [6.07, 6.45) is 8.73. The maximum Gasteiger partial charge on any atom is 0.326 e. The third-order valence-electron chi connectivity index (χ3n) is 6.16. The molecule has 1 aromatic carbocycles. The van der Waals surface area contributed by atoms with E-state index in [1.165, 1.54) is 4.68 Å². The quantitative estimate of drug-likeness (QED) is 0.174. The lowest BCUT2D eigenvalue weighted by Gasteiger charge is -2.24. The van der Waals surface area contributed by atoms with E-state index in [0.29, 0.717) is 21.6 Å². The van der Waals surface area contributed by atoms with Crippen LogP contribution in [0.5, 0.6) is 0 Å². The zero-order chi connectivity index (χ0) is 26.6. The van der Waals surface area contributed by atoms with Crippen molar-refractivity contribution in [3.63, 3.8) is 0 Å². The first kappa shape index (κ1) is 28.6. The lowest BCUT2D eigenvalue weighted by molar-refractivity contribution is 0.163. The molecule has 0 saturated heterocycles. The molecule has 0 aliphatic rings. The lowest BCUT2D eigenvalue weighted by atomic mass is 10.1. The molecular weight excluding hydrogens is 527 g/mol. The largest absolute Gasteiger partial charge is 0.335 e. The van der Waals surface area contributed by atoms with Crippen molar-refractivity contribution in [2.45, 2.75) is 83.7 Å². The molecule has 0 amide bonds. The van der Waals surface area contributed by atoms with Gasteiger partial charge in [0, 0.05) is 31.9 Å². The van der Waals surface area contributed by atoms with Gasteiger partial charge >= 0.3 is 6.55 Å². The van der Waals surface area contributed by atoms with Crippen LogP contribution in [0.25, 0.3) is 0 Å². The molecule has 11 heteroatoms. The van der Waals surface area contributed by atoms with Crippen molar-refractivity contribution in [3.8, 4) is 0 Å². The summed E-state index contributed by atoms with van der Waals surface area (Å²) in [7, 11) is -0.666. The van der Waals surface area contributed by atoms with Crippen LogP contribution >= 0.6 is 23.2 Å². The van der Waals surface area contributed by atoms with Crippen LogP contribution in [0.4, 0.5) is 14.5 Å². The van der Waals surface area contributed by atoms with Gasteiger partial charge in [0.15, 0.2) is 11.0 Å². The summed E-state index contributed by atoms with van der Waals surface area (Å²) >= 11 is 12.9. The molecule has 1 atom stereocenters. The Bertz CT molecular complexity index is 1190. The number of aryl methyl sites for hydroxylation is 4. The third kappa shape index (κ3) is 6.47. The van der Waals surface area contributed by atoms with E-state index in [4.69, 9.17) is 23.2 Å². The Morgan fingerprint density at radius 2 is 1.72 bits per heavy atom. The van der Waals surface area contributed by atoms with E-state index in [2.05, 4.69) is 28.5 Å². The predicted octanol–water partition coefficient (Wildman–Crippen LogP) is 7.22. The van der Waals surface area contributed by atoms with E-state index >= 15 is 0 Å². The van der Waals surface area contributed by atoms with E-state index in [9.17, 15) is 13.0 Å². The average molecular weight is 561 g/mol. The van der Waals surface area contributed by atoms with Gasteiger partial charge in [0.25, 0.3) is 0 Å². The maximum absolute atomic E-state index is 14.1. The van der Waals surface area contributed by atoms with Gasteiger partial charge in [-0.2, -0.15) is 13.9 Å². The van der Waals surface area contributed by atoms with Crippen molar-refractivity contribution in [3.05, 3.63) is 57.3 Å². The number of benzene rings is 1. The van der Waals surface area contributed by atoms with E-state index < -0.39 is 17.5 Å². The first-order valence-electron chi connectivity index (χ1n) is 12.0. The van der Waals surface area contributed by atoms with Crippen molar-refractivity contribution >= 4 is 39.9 Å². The van der Waals surface area contributed by atoms with Gasteiger partial charge in [-0.1, -0.05) is 49.9 Å². The molecule has 0 N–H and O–H groups in total. The second-order valence-corrected chi connectivity index (χ2v) is 11.3. The zero-order valence-corrected chi connectivity index (χ0v) is 23.6. The number of nitrogens with zero attached hydrogens (tertiary/aromatic N) is 5. The van der Waals surface area contributed by atoms with Gasteiger partial charge in [-0.25, -0.2) is 13.5 Å². The molecule has 2 heterocycles. The standard InChI is InChI=1S/C25H33Cl2F2N5OS/c1-16(2)24-30-11-13-33(24)12-9-7-6-8-10-19-14-20(26)23(21(27)15-19)36(35)34(25(28)29)22-17(3)31-32(5)18(22)4/h11,13-16,25H,6-10,12H2,1-5H3. The van der Waals surface area contributed by atoms with Crippen molar-refractivity contribution in [2.75, 3.05) is 4.31 Å². The summed E-state index contributed by atoms with van der Waals surface area (Å²) in [6.45, 7) is 5.44. The Kier molecular flexibility index (Phi) is 9.94. The number of alkyl halides is 2. The minimum absolute atomic E-state index is 0.0219. The van der Waals surface area contributed by atoms with E-state index in [-0.39, 0.29) is 20.6 Å². The fourth-order valence-electron chi connectivity index (χ4n) is 4.33. The molecule has 36 heavy (non-hydrogen) atoms. The SMILES string of the molecule is Cc1nn(C)c(C)c1N(C(F)F)S(=O)c1c(Cl)cc(CCCCCCn2ccnc2C(C)C)cc1Cl. The molecule has 3 rings (SSSR count). The van der Waals surface area contributed by atoms with Crippen LogP contribution in [-0.4, -0.2) is 30.1 Å². The Morgan fingerprint density at radius 1 is 1.08 bits per heavy atom. The fraction of sp³-hybridized carbons (Fsp3) is 0.520. The summed E-state index contributed by atoms with van der Waals surface area (Å²) in [5.41, 5.74) is 1.82. The molecule has 0 aliphatic heterocycles. The van der Waals surface area contributed by atoms with Gasteiger partial charge in [-0.15, -0.1) is 0 Å². The van der Waals surface area contributed by atoms with Crippen molar-refractivity contribution in [1.82, 2.24) is 19.3 Å². The fourth-order valence-corrected chi connectivity index (χ4v) is 6.48. The molecule has 0 bridgehead atoms. The number of rotatable bonds is 12. The molecule has 1 unspecified atom stereocenters. The molecule has 0 aliphatic carbocycles. The molecule has 0 fully saturated rings. The predicted molar refractivity (Wildman–Crippen MR) is 143 cm³/mol. The minimum atomic E-state index is -3.03. The second kappa shape index (κ2) is 12.5. The molecule has 0 radical (unpaired) electrons. The molecule has 2 aromatic heterocycles. The first-order valence-corrected chi connectivity index (χ1v) is 13.9. The lowest BCUT2D eigenvalue weighted by Crippen LogP contribution is -2.32. The Morgan fingerprint density at radius 3 is 2.28 bits per heavy atom. The highest BCUT2D eigenvalue weighted by molar-refractivity contribution is 7.86. The van der Waals surface area contributed by atoms with E-state index in [0.717, 1.165) is 50.0 Å². The molecule has 0 spiro atoms. The normalized spacial score (nSPS) is 12.6. The van der Waals surface area contributed by atoms with Crippen LogP contribution < -0.4 is 4.31 Å². The molecular formula is C25H33Cl2F2N5OS.